The third-order valence-corrected chi connectivity index (χ3v) is 8.87. The van der Waals surface area contributed by atoms with E-state index in [2.05, 4.69) is 38.2 Å². The normalized spacial score (nSPS) is 13.2. The third kappa shape index (κ3) is 31.5. The van der Waals surface area contributed by atoms with Crippen LogP contribution >= 0.6 is 0 Å². The molecule has 0 aliphatic rings. The summed E-state index contributed by atoms with van der Waals surface area (Å²) in [6.45, 7) is 4.57. The first-order valence-corrected chi connectivity index (χ1v) is 19.9. The lowest BCUT2D eigenvalue weighted by molar-refractivity contribution is -0.889. The van der Waals surface area contributed by atoms with Crippen molar-refractivity contribution in [1.29, 1.82) is 0 Å². The number of unbranched alkanes of at least 4 members (excludes halogenated alkanes) is 18. The highest BCUT2D eigenvalue weighted by Crippen LogP contribution is 2.14. The lowest BCUT2D eigenvalue weighted by Gasteiger charge is -2.34. The first kappa shape index (κ1) is 46.8. The number of carbonyl (C=O) groups is 3. The van der Waals surface area contributed by atoms with E-state index < -0.39 is 18.1 Å². The van der Waals surface area contributed by atoms with Crippen molar-refractivity contribution < 1.29 is 38.2 Å². The molecule has 0 aromatic rings. The van der Waals surface area contributed by atoms with E-state index in [0.29, 0.717) is 12.8 Å². The molecule has 0 bridgehead atoms. The van der Waals surface area contributed by atoms with Gasteiger partial charge in [0.15, 0.2) is 6.10 Å². The van der Waals surface area contributed by atoms with E-state index in [-0.39, 0.29) is 42.7 Å². The SMILES string of the molecule is CCCC/C=C/C=C/CCCCCC(=O)OC(COCCC(C(=O)[O-])[N+](C)(C)C)COC(=O)CCCCCCCCCCCCCCCC. The summed E-state index contributed by atoms with van der Waals surface area (Å²) in [5.41, 5.74) is 0. The maximum absolute atomic E-state index is 12.6. The van der Waals surface area contributed by atoms with Gasteiger partial charge in [-0.25, -0.2) is 0 Å². The monoisotopic (exact) mass is 694 g/mol. The zero-order valence-electron chi connectivity index (χ0n) is 32.4. The fourth-order valence-electron chi connectivity index (χ4n) is 5.69. The predicted octanol–water partition coefficient (Wildman–Crippen LogP) is 8.80. The van der Waals surface area contributed by atoms with Gasteiger partial charge in [-0.2, -0.15) is 0 Å². The summed E-state index contributed by atoms with van der Waals surface area (Å²) >= 11 is 0. The summed E-state index contributed by atoms with van der Waals surface area (Å²) in [5.74, 6) is -1.77. The van der Waals surface area contributed by atoms with Gasteiger partial charge >= 0.3 is 11.9 Å². The number of carboxylic acid groups (broad SMARTS) is 1. The highest BCUT2D eigenvalue weighted by atomic mass is 16.6. The number of quaternary nitrogens is 1. The molecule has 0 aliphatic heterocycles. The summed E-state index contributed by atoms with van der Waals surface area (Å²) in [4.78, 5) is 36.6. The smallest absolute Gasteiger partial charge is 0.306 e. The van der Waals surface area contributed by atoms with Crippen molar-refractivity contribution in [2.45, 2.75) is 180 Å². The molecule has 2 unspecified atom stereocenters. The number of carboxylic acids is 1. The Morgan fingerprint density at radius 2 is 1.08 bits per heavy atom. The maximum Gasteiger partial charge on any atom is 0.306 e. The van der Waals surface area contributed by atoms with Gasteiger partial charge in [0.1, 0.15) is 12.6 Å². The first-order chi connectivity index (χ1) is 23.6. The third-order valence-electron chi connectivity index (χ3n) is 8.87. The molecule has 0 aromatic carbocycles. The molecule has 0 N–H and O–H groups in total. The van der Waals surface area contributed by atoms with Crippen molar-refractivity contribution in [3.05, 3.63) is 24.3 Å². The Kier molecular flexibility index (Phi) is 31.5. The molecular weight excluding hydrogens is 618 g/mol. The summed E-state index contributed by atoms with van der Waals surface area (Å²) in [6.07, 6.45) is 33.4. The molecular formula is C41H75NO7. The second kappa shape index (κ2) is 33.0. The van der Waals surface area contributed by atoms with E-state index >= 15 is 0 Å². The van der Waals surface area contributed by atoms with E-state index in [0.717, 1.165) is 51.4 Å². The number of aliphatic carboxylic acids is 1. The lowest BCUT2D eigenvalue weighted by atomic mass is 10.0. The van der Waals surface area contributed by atoms with Crippen molar-refractivity contribution in [2.75, 3.05) is 41.0 Å². The number of ether oxygens (including phenoxy) is 3. The number of likely N-dealkylation sites (N-methyl/N-ethyl adjacent to an activating group) is 1. The summed E-state index contributed by atoms with van der Waals surface area (Å²) in [6, 6.07) is -0.726. The summed E-state index contributed by atoms with van der Waals surface area (Å²) in [7, 11) is 5.39. The van der Waals surface area contributed by atoms with Crippen LogP contribution < -0.4 is 5.11 Å². The molecule has 8 nitrogen and oxygen atoms in total. The van der Waals surface area contributed by atoms with Crippen LogP contribution in [0, 0.1) is 0 Å². The molecule has 0 rings (SSSR count). The number of esters is 2. The minimum absolute atomic E-state index is 0.0331. The largest absolute Gasteiger partial charge is 0.544 e. The van der Waals surface area contributed by atoms with Crippen LogP contribution in [0.3, 0.4) is 0 Å². The molecule has 0 radical (unpaired) electrons. The Morgan fingerprint density at radius 1 is 0.612 bits per heavy atom. The first-order valence-electron chi connectivity index (χ1n) is 19.9. The van der Waals surface area contributed by atoms with E-state index in [1.165, 1.54) is 83.5 Å². The zero-order chi connectivity index (χ0) is 36.4. The number of carbonyl (C=O) groups excluding carboxylic acids is 3. The van der Waals surface area contributed by atoms with Gasteiger partial charge in [-0.15, -0.1) is 0 Å². The molecule has 0 heterocycles. The molecule has 2 atom stereocenters. The number of rotatable bonds is 35. The van der Waals surface area contributed by atoms with Gasteiger partial charge in [0, 0.05) is 19.3 Å². The van der Waals surface area contributed by atoms with Crippen molar-refractivity contribution in [3.8, 4) is 0 Å². The molecule has 0 amide bonds. The summed E-state index contributed by atoms with van der Waals surface area (Å²) in [5, 5.41) is 11.6. The minimum atomic E-state index is -1.13. The molecule has 0 saturated heterocycles. The second-order valence-electron chi connectivity index (χ2n) is 14.6. The molecule has 0 spiro atoms. The quantitative estimate of drug-likeness (QED) is 0.0283. The van der Waals surface area contributed by atoms with E-state index in [4.69, 9.17) is 14.2 Å². The second-order valence-corrected chi connectivity index (χ2v) is 14.6. The van der Waals surface area contributed by atoms with E-state index in [1.54, 1.807) is 21.1 Å². The molecule has 286 valence electrons. The molecule has 0 saturated carbocycles. The highest BCUT2D eigenvalue weighted by molar-refractivity contribution is 5.70. The van der Waals surface area contributed by atoms with Gasteiger partial charge in [-0.1, -0.05) is 141 Å². The standard InChI is InChI=1S/C41H75NO7/c1-6-8-10-12-14-16-18-19-20-22-23-25-27-29-31-39(43)48-36-37(35-47-34-33-38(41(45)46)42(3,4)5)49-40(44)32-30-28-26-24-21-17-15-13-11-9-7-2/h13,15,17,21,37-38H,6-12,14,16,18-20,22-36H2,1-5H3/b15-13+,21-17+. The average molecular weight is 694 g/mol. The zero-order valence-corrected chi connectivity index (χ0v) is 32.4. The van der Waals surface area contributed by atoms with Crippen molar-refractivity contribution in [1.82, 2.24) is 0 Å². The van der Waals surface area contributed by atoms with E-state index in [9.17, 15) is 19.5 Å². The molecule has 49 heavy (non-hydrogen) atoms. The number of allylic oxidation sites excluding steroid dienone is 4. The topological polar surface area (TPSA) is 102 Å². The Balaban J connectivity index is 4.41. The fourth-order valence-corrected chi connectivity index (χ4v) is 5.69. The minimum Gasteiger partial charge on any atom is -0.544 e. The number of hydrogen-bond donors (Lipinski definition) is 0. The van der Waals surface area contributed by atoms with Gasteiger partial charge in [-0.3, -0.25) is 9.59 Å². The van der Waals surface area contributed by atoms with Gasteiger partial charge in [-0.05, 0) is 32.1 Å². The van der Waals surface area contributed by atoms with Crippen LogP contribution in [0.25, 0.3) is 0 Å². The van der Waals surface area contributed by atoms with Gasteiger partial charge < -0.3 is 28.6 Å². The van der Waals surface area contributed by atoms with Crippen LogP contribution in [0.15, 0.2) is 24.3 Å². The lowest BCUT2D eigenvalue weighted by Crippen LogP contribution is -2.55. The molecule has 0 aliphatic carbocycles. The highest BCUT2D eigenvalue weighted by Gasteiger charge is 2.25. The van der Waals surface area contributed by atoms with Crippen LogP contribution in [-0.4, -0.2) is 75.5 Å². The van der Waals surface area contributed by atoms with E-state index in [1.807, 2.05) is 0 Å². The fraction of sp³-hybridized carbons (Fsp3) is 0.829. The summed E-state index contributed by atoms with van der Waals surface area (Å²) < 4.78 is 17.1. The number of nitrogens with zero attached hydrogens (tertiary/aromatic N) is 1. The van der Waals surface area contributed by atoms with Crippen LogP contribution in [-0.2, 0) is 28.6 Å². The molecule has 8 heteroatoms. The van der Waals surface area contributed by atoms with Gasteiger partial charge in [0.2, 0.25) is 0 Å². The van der Waals surface area contributed by atoms with Crippen molar-refractivity contribution in [3.63, 3.8) is 0 Å². The van der Waals surface area contributed by atoms with Crippen molar-refractivity contribution in [2.24, 2.45) is 0 Å². The Labute approximate surface area is 301 Å². The maximum atomic E-state index is 12.6. The van der Waals surface area contributed by atoms with Gasteiger partial charge in [0.25, 0.3) is 0 Å². The molecule has 0 fully saturated rings. The van der Waals surface area contributed by atoms with Crippen LogP contribution in [0.4, 0.5) is 0 Å². The Hall–Kier alpha value is -2.19. The molecule has 0 aromatic heterocycles. The van der Waals surface area contributed by atoms with Crippen LogP contribution in [0.2, 0.25) is 0 Å². The van der Waals surface area contributed by atoms with Crippen LogP contribution in [0.1, 0.15) is 168 Å². The Bertz CT molecular complexity index is 864. The average Bonchev–Trinajstić information content (AvgIpc) is 3.05. The number of hydrogen-bond acceptors (Lipinski definition) is 7. The van der Waals surface area contributed by atoms with Gasteiger partial charge in [0.05, 0.1) is 40.3 Å². The van der Waals surface area contributed by atoms with Crippen LogP contribution in [0.5, 0.6) is 0 Å². The van der Waals surface area contributed by atoms with Crippen molar-refractivity contribution >= 4 is 17.9 Å². The predicted molar refractivity (Wildman–Crippen MR) is 199 cm³/mol. The Morgan fingerprint density at radius 3 is 1.59 bits per heavy atom.